The summed E-state index contributed by atoms with van der Waals surface area (Å²) in [5.74, 6) is 0. The second-order valence-corrected chi connectivity index (χ2v) is 3.14. The summed E-state index contributed by atoms with van der Waals surface area (Å²) in [4.78, 5) is 0. The monoisotopic (exact) mass is 159 g/mol. The SMILES string of the molecule is CCCC(C)N[C@H](CC)CO. The van der Waals surface area contributed by atoms with Crippen LogP contribution in [0.5, 0.6) is 0 Å². The summed E-state index contributed by atoms with van der Waals surface area (Å²) >= 11 is 0. The molecule has 1 unspecified atom stereocenters. The minimum Gasteiger partial charge on any atom is -0.395 e. The number of rotatable bonds is 6. The van der Waals surface area contributed by atoms with Gasteiger partial charge in [-0.2, -0.15) is 0 Å². The quantitative estimate of drug-likeness (QED) is 0.616. The molecule has 0 rings (SSSR count). The van der Waals surface area contributed by atoms with E-state index in [2.05, 4.69) is 26.1 Å². The van der Waals surface area contributed by atoms with Gasteiger partial charge in [0.1, 0.15) is 0 Å². The maximum atomic E-state index is 8.88. The van der Waals surface area contributed by atoms with Crippen molar-refractivity contribution in [3.05, 3.63) is 0 Å². The molecule has 2 atom stereocenters. The zero-order valence-electron chi connectivity index (χ0n) is 7.93. The molecule has 0 aliphatic carbocycles. The van der Waals surface area contributed by atoms with Gasteiger partial charge in [-0.3, -0.25) is 0 Å². The molecule has 11 heavy (non-hydrogen) atoms. The minimum absolute atomic E-state index is 0.255. The van der Waals surface area contributed by atoms with Crippen LogP contribution in [0, 0.1) is 0 Å². The summed E-state index contributed by atoms with van der Waals surface area (Å²) in [6.45, 7) is 6.69. The molecule has 0 aromatic carbocycles. The molecule has 0 bridgehead atoms. The first kappa shape index (κ1) is 10.9. The normalized spacial score (nSPS) is 16.4. The van der Waals surface area contributed by atoms with E-state index in [0.717, 1.165) is 6.42 Å². The van der Waals surface area contributed by atoms with Gasteiger partial charge in [0.2, 0.25) is 0 Å². The second-order valence-electron chi connectivity index (χ2n) is 3.14. The van der Waals surface area contributed by atoms with E-state index in [1.807, 2.05) is 0 Å². The van der Waals surface area contributed by atoms with Crippen molar-refractivity contribution in [2.24, 2.45) is 0 Å². The largest absolute Gasteiger partial charge is 0.395 e. The zero-order valence-corrected chi connectivity index (χ0v) is 7.93. The van der Waals surface area contributed by atoms with E-state index in [-0.39, 0.29) is 12.6 Å². The molecule has 0 spiro atoms. The standard InChI is InChI=1S/C9H21NO/c1-4-6-8(3)10-9(5-2)7-11/h8-11H,4-7H2,1-3H3/t8?,9-/m1/s1. The molecule has 0 radical (unpaired) electrons. The van der Waals surface area contributed by atoms with Crippen molar-refractivity contribution in [2.75, 3.05) is 6.61 Å². The van der Waals surface area contributed by atoms with Crippen LogP contribution in [-0.4, -0.2) is 23.8 Å². The van der Waals surface area contributed by atoms with Crippen LogP contribution in [0.2, 0.25) is 0 Å². The molecule has 2 heteroatoms. The summed E-state index contributed by atoms with van der Waals surface area (Å²) in [5.41, 5.74) is 0. The van der Waals surface area contributed by atoms with Crippen molar-refractivity contribution in [2.45, 2.75) is 52.1 Å². The van der Waals surface area contributed by atoms with Crippen LogP contribution in [0.4, 0.5) is 0 Å². The first-order valence-corrected chi connectivity index (χ1v) is 4.61. The van der Waals surface area contributed by atoms with E-state index >= 15 is 0 Å². The van der Waals surface area contributed by atoms with Crippen LogP contribution in [0.1, 0.15) is 40.0 Å². The molecular weight excluding hydrogens is 138 g/mol. The Balaban J connectivity index is 3.44. The van der Waals surface area contributed by atoms with Gasteiger partial charge in [-0.15, -0.1) is 0 Å². The van der Waals surface area contributed by atoms with Gasteiger partial charge in [-0.1, -0.05) is 20.3 Å². The predicted molar refractivity (Wildman–Crippen MR) is 48.7 cm³/mol. The lowest BCUT2D eigenvalue weighted by molar-refractivity contribution is 0.227. The summed E-state index contributed by atoms with van der Waals surface area (Å²) in [7, 11) is 0. The Hall–Kier alpha value is -0.0800. The average Bonchev–Trinajstić information content (AvgIpc) is 2.01. The molecule has 0 saturated heterocycles. The van der Waals surface area contributed by atoms with Crippen LogP contribution >= 0.6 is 0 Å². The average molecular weight is 159 g/mol. The highest BCUT2D eigenvalue weighted by molar-refractivity contribution is 4.68. The van der Waals surface area contributed by atoms with Gasteiger partial charge in [0.15, 0.2) is 0 Å². The zero-order chi connectivity index (χ0) is 8.69. The third-order valence-electron chi connectivity index (χ3n) is 1.96. The molecule has 0 aromatic heterocycles. The van der Waals surface area contributed by atoms with Crippen molar-refractivity contribution >= 4 is 0 Å². The van der Waals surface area contributed by atoms with E-state index < -0.39 is 0 Å². The lowest BCUT2D eigenvalue weighted by Gasteiger charge is -2.19. The Labute approximate surface area is 70.0 Å². The van der Waals surface area contributed by atoms with Crippen LogP contribution in [-0.2, 0) is 0 Å². The van der Waals surface area contributed by atoms with E-state index in [4.69, 9.17) is 5.11 Å². The second kappa shape index (κ2) is 6.62. The third kappa shape index (κ3) is 5.22. The molecule has 2 N–H and O–H groups in total. The minimum atomic E-state index is 0.255. The van der Waals surface area contributed by atoms with Crippen LogP contribution in [0.3, 0.4) is 0 Å². The summed E-state index contributed by atoms with van der Waals surface area (Å²) in [6.07, 6.45) is 3.40. The highest BCUT2D eigenvalue weighted by atomic mass is 16.3. The summed E-state index contributed by atoms with van der Waals surface area (Å²) < 4.78 is 0. The molecule has 2 nitrogen and oxygen atoms in total. The van der Waals surface area contributed by atoms with Crippen molar-refractivity contribution in [1.29, 1.82) is 0 Å². The Morgan fingerprint density at radius 1 is 1.36 bits per heavy atom. The van der Waals surface area contributed by atoms with Crippen molar-refractivity contribution in [3.8, 4) is 0 Å². The Bertz CT molecular complexity index is 81.6. The number of hydrogen-bond acceptors (Lipinski definition) is 2. The number of nitrogens with one attached hydrogen (secondary N) is 1. The first-order chi connectivity index (χ1) is 5.24. The van der Waals surface area contributed by atoms with E-state index in [0.29, 0.717) is 6.04 Å². The van der Waals surface area contributed by atoms with Gasteiger partial charge < -0.3 is 10.4 Å². The number of aliphatic hydroxyl groups is 1. The van der Waals surface area contributed by atoms with Gasteiger partial charge in [0.25, 0.3) is 0 Å². The first-order valence-electron chi connectivity index (χ1n) is 4.61. The maximum Gasteiger partial charge on any atom is 0.0584 e. The van der Waals surface area contributed by atoms with Gasteiger partial charge in [0.05, 0.1) is 6.61 Å². The Morgan fingerprint density at radius 2 is 2.00 bits per heavy atom. The fraction of sp³-hybridized carbons (Fsp3) is 1.00. The molecule has 0 aliphatic heterocycles. The van der Waals surface area contributed by atoms with E-state index in [1.165, 1.54) is 12.8 Å². The van der Waals surface area contributed by atoms with Crippen molar-refractivity contribution in [3.63, 3.8) is 0 Å². The van der Waals surface area contributed by atoms with Gasteiger partial charge >= 0.3 is 0 Å². The molecule has 0 aromatic rings. The molecular formula is C9H21NO. The summed E-state index contributed by atoms with van der Waals surface area (Å²) in [6, 6.07) is 0.827. The Morgan fingerprint density at radius 3 is 2.36 bits per heavy atom. The smallest absolute Gasteiger partial charge is 0.0584 e. The summed E-state index contributed by atoms with van der Waals surface area (Å²) in [5, 5.41) is 12.2. The Kier molecular flexibility index (Phi) is 6.57. The van der Waals surface area contributed by atoms with Crippen LogP contribution in [0.25, 0.3) is 0 Å². The lowest BCUT2D eigenvalue weighted by atomic mass is 10.1. The lowest BCUT2D eigenvalue weighted by Crippen LogP contribution is -2.38. The van der Waals surface area contributed by atoms with Gasteiger partial charge in [0, 0.05) is 12.1 Å². The van der Waals surface area contributed by atoms with E-state index in [9.17, 15) is 0 Å². The molecule has 0 saturated carbocycles. The molecule has 68 valence electrons. The number of aliphatic hydroxyl groups excluding tert-OH is 1. The molecule has 0 fully saturated rings. The topological polar surface area (TPSA) is 32.3 Å². The third-order valence-corrected chi connectivity index (χ3v) is 1.96. The van der Waals surface area contributed by atoms with Crippen LogP contribution in [0.15, 0.2) is 0 Å². The molecule has 0 amide bonds. The van der Waals surface area contributed by atoms with Gasteiger partial charge in [-0.05, 0) is 19.8 Å². The van der Waals surface area contributed by atoms with Crippen molar-refractivity contribution < 1.29 is 5.11 Å². The van der Waals surface area contributed by atoms with Crippen LogP contribution < -0.4 is 5.32 Å². The predicted octanol–water partition coefficient (Wildman–Crippen LogP) is 1.54. The molecule has 0 heterocycles. The highest BCUT2D eigenvalue weighted by Gasteiger charge is 2.07. The molecule has 0 aliphatic rings. The fourth-order valence-corrected chi connectivity index (χ4v) is 1.22. The maximum absolute atomic E-state index is 8.88. The fourth-order valence-electron chi connectivity index (χ4n) is 1.22. The van der Waals surface area contributed by atoms with Gasteiger partial charge in [-0.25, -0.2) is 0 Å². The van der Waals surface area contributed by atoms with Crippen molar-refractivity contribution in [1.82, 2.24) is 5.32 Å². The van der Waals surface area contributed by atoms with E-state index in [1.54, 1.807) is 0 Å². The number of hydrogen-bond donors (Lipinski definition) is 2. The highest BCUT2D eigenvalue weighted by Crippen LogP contribution is 1.98.